The number of pyridine rings is 1. The van der Waals surface area contributed by atoms with E-state index in [1.807, 2.05) is 36.7 Å². The molecule has 2 heterocycles. The standard InChI is InChI=1S/C15H14ClN3S/c1-10-14(20-9-19-10)6-8-17-13-5-4-12(16)11-3-2-7-18-15(11)13/h2-5,7,9,17H,6,8H2,1H3. The number of hydrogen-bond acceptors (Lipinski definition) is 4. The van der Waals surface area contributed by atoms with Gasteiger partial charge in [0.15, 0.2) is 0 Å². The van der Waals surface area contributed by atoms with Gasteiger partial charge in [-0.3, -0.25) is 4.98 Å². The van der Waals surface area contributed by atoms with Gasteiger partial charge in [-0.25, -0.2) is 4.98 Å². The summed E-state index contributed by atoms with van der Waals surface area (Å²) in [6, 6.07) is 7.78. The predicted octanol–water partition coefficient (Wildman–Crippen LogP) is 4.31. The third-order valence-corrected chi connectivity index (χ3v) is 4.55. The van der Waals surface area contributed by atoms with Crippen molar-refractivity contribution in [1.82, 2.24) is 9.97 Å². The Morgan fingerprint density at radius 1 is 1.25 bits per heavy atom. The highest BCUT2D eigenvalue weighted by atomic mass is 35.5. The molecule has 0 saturated carbocycles. The van der Waals surface area contributed by atoms with E-state index in [0.29, 0.717) is 0 Å². The fourth-order valence-electron chi connectivity index (χ4n) is 2.16. The first-order chi connectivity index (χ1) is 9.75. The molecule has 1 N–H and O–H groups in total. The number of benzene rings is 1. The normalized spacial score (nSPS) is 10.9. The highest BCUT2D eigenvalue weighted by molar-refractivity contribution is 7.09. The topological polar surface area (TPSA) is 37.8 Å². The van der Waals surface area contributed by atoms with Gasteiger partial charge >= 0.3 is 0 Å². The van der Waals surface area contributed by atoms with Crippen molar-refractivity contribution >= 4 is 39.5 Å². The van der Waals surface area contributed by atoms with Crippen molar-refractivity contribution in [1.29, 1.82) is 0 Å². The van der Waals surface area contributed by atoms with Crippen LogP contribution in [0, 0.1) is 6.92 Å². The van der Waals surface area contributed by atoms with Gasteiger partial charge in [0.25, 0.3) is 0 Å². The van der Waals surface area contributed by atoms with Gasteiger partial charge in [-0.2, -0.15) is 0 Å². The van der Waals surface area contributed by atoms with E-state index in [-0.39, 0.29) is 0 Å². The van der Waals surface area contributed by atoms with E-state index in [9.17, 15) is 0 Å². The fraction of sp³-hybridized carbons (Fsp3) is 0.200. The predicted molar refractivity (Wildman–Crippen MR) is 85.8 cm³/mol. The Morgan fingerprint density at radius 3 is 2.95 bits per heavy atom. The molecule has 0 fully saturated rings. The lowest BCUT2D eigenvalue weighted by Crippen LogP contribution is -2.05. The van der Waals surface area contributed by atoms with Crippen LogP contribution >= 0.6 is 22.9 Å². The van der Waals surface area contributed by atoms with Gasteiger partial charge in [0, 0.05) is 29.4 Å². The Bertz CT molecular complexity index is 739. The zero-order chi connectivity index (χ0) is 13.9. The molecule has 0 atom stereocenters. The maximum Gasteiger partial charge on any atom is 0.0948 e. The minimum Gasteiger partial charge on any atom is -0.383 e. The molecule has 0 radical (unpaired) electrons. The second-order valence-corrected chi connectivity index (χ2v) is 5.88. The van der Waals surface area contributed by atoms with E-state index in [0.717, 1.165) is 40.3 Å². The molecule has 2 aromatic heterocycles. The number of anilines is 1. The number of rotatable bonds is 4. The van der Waals surface area contributed by atoms with Crippen LogP contribution in [0.15, 0.2) is 36.0 Å². The van der Waals surface area contributed by atoms with Gasteiger partial charge in [0.2, 0.25) is 0 Å². The number of hydrogen-bond donors (Lipinski definition) is 1. The van der Waals surface area contributed by atoms with Crippen LogP contribution in [-0.2, 0) is 6.42 Å². The van der Waals surface area contributed by atoms with Crippen molar-refractivity contribution in [2.24, 2.45) is 0 Å². The SMILES string of the molecule is Cc1ncsc1CCNc1ccc(Cl)c2cccnc12. The second kappa shape index (κ2) is 5.77. The first-order valence-electron chi connectivity index (χ1n) is 6.42. The van der Waals surface area contributed by atoms with E-state index >= 15 is 0 Å². The van der Waals surface area contributed by atoms with Crippen LogP contribution in [0.1, 0.15) is 10.6 Å². The summed E-state index contributed by atoms with van der Waals surface area (Å²) in [5, 5.41) is 5.15. The molecule has 1 aromatic carbocycles. The molecule has 5 heteroatoms. The average Bonchev–Trinajstić information content (AvgIpc) is 2.87. The number of nitrogens with one attached hydrogen (secondary N) is 1. The highest BCUT2D eigenvalue weighted by Gasteiger charge is 2.06. The minimum atomic E-state index is 0.733. The van der Waals surface area contributed by atoms with E-state index in [4.69, 9.17) is 11.6 Å². The minimum absolute atomic E-state index is 0.733. The van der Waals surface area contributed by atoms with Crippen LogP contribution in [0.2, 0.25) is 5.02 Å². The Hall–Kier alpha value is -1.65. The maximum absolute atomic E-state index is 6.19. The number of aryl methyl sites for hydroxylation is 1. The molecule has 0 spiro atoms. The molecule has 0 saturated heterocycles. The zero-order valence-corrected chi connectivity index (χ0v) is 12.6. The van der Waals surface area contributed by atoms with Gasteiger partial charge in [-0.05, 0) is 31.2 Å². The van der Waals surface area contributed by atoms with Crippen LogP contribution in [0.5, 0.6) is 0 Å². The van der Waals surface area contributed by atoms with Crippen LogP contribution in [0.4, 0.5) is 5.69 Å². The van der Waals surface area contributed by atoms with E-state index in [1.165, 1.54) is 4.88 Å². The Labute approximate surface area is 126 Å². The lowest BCUT2D eigenvalue weighted by molar-refractivity contribution is 1.02. The first kappa shape index (κ1) is 13.3. The first-order valence-corrected chi connectivity index (χ1v) is 7.67. The Morgan fingerprint density at radius 2 is 2.15 bits per heavy atom. The summed E-state index contributed by atoms with van der Waals surface area (Å²) in [6.45, 7) is 2.90. The molecule has 0 bridgehead atoms. The lowest BCUT2D eigenvalue weighted by atomic mass is 10.2. The number of nitrogens with zero attached hydrogens (tertiary/aromatic N) is 2. The van der Waals surface area contributed by atoms with Gasteiger partial charge in [-0.1, -0.05) is 11.6 Å². The van der Waals surface area contributed by atoms with E-state index in [2.05, 4.69) is 15.3 Å². The van der Waals surface area contributed by atoms with E-state index < -0.39 is 0 Å². The van der Waals surface area contributed by atoms with Crippen molar-refractivity contribution in [3.05, 3.63) is 51.6 Å². The summed E-state index contributed by atoms with van der Waals surface area (Å²) < 4.78 is 0. The third kappa shape index (κ3) is 2.62. The molecule has 0 aliphatic carbocycles. The smallest absolute Gasteiger partial charge is 0.0948 e. The number of halogens is 1. The Kier molecular flexibility index (Phi) is 3.85. The molecule has 3 aromatic rings. The highest BCUT2D eigenvalue weighted by Crippen LogP contribution is 2.28. The average molecular weight is 304 g/mol. The van der Waals surface area contributed by atoms with Crippen molar-refractivity contribution in [3.8, 4) is 0 Å². The van der Waals surface area contributed by atoms with Crippen LogP contribution in [-0.4, -0.2) is 16.5 Å². The van der Waals surface area contributed by atoms with Crippen LogP contribution in [0.25, 0.3) is 10.9 Å². The van der Waals surface area contributed by atoms with Gasteiger partial charge in [-0.15, -0.1) is 11.3 Å². The van der Waals surface area contributed by atoms with Crippen LogP contribution < -0.4 is 5.32 Å². The molecular weight excluding hydrogens is 290 g/mol. The van der Waals surface area contributed by atoms with Gasteiger partial charge in [0.1, 0.15) is 0 Å². The lowest BCUT2D eigenvalue weighted by Gasteiger charge is -2.09. The molecule has 20 heavy (non-hydrogen) atoms. The molecule has 3 rings (SSSR count). The summed E-state index contributed by atoms with van der Waals surface area (Å²) in [4.78, 5) is 10.0. The molecule has 0 aliphatic rings. The molecule has 3 nitrogen and oxygen atoms in total. The van der Waals surface area contributed by atoms with Crippen molar-refractivity contribution < 1.29 is 0 Å². The van der Waals surface area contributed by atoms with Gasteiger partial charge < -0.3 is 5.32 Å². The second-order valence-electron chi connectivity index (χ2n) is 4.53. The van der Waals surface area contributed by atoms with Crippen molar-refractivity contribution in [3.63, 3.8) is 0 Å². The molecule has 0 amide bonds. The quantitative estimate of drug-likeness (QED) is 0.780. The number of fused-ring (bicyclic) bond motifs is 1. The monoisotopic (exact) mass is 303 g/mol. The fourth-order valence-corrected chi connectivity index (χ4v) is 3.15. The van der Waals surface area contributed by atoms with Gasteiger partial charge in [0.05, 0.1) is 27.4 Å². The van der Waals surface area contributed by atoms with Crippen molar-refractivity contribution in [2.45, 2.75) is 13.3 Å². The van der Waals surface area contributed by atoms with Crippen LogP contribution in [0.3, 0.4) is 0 Å². The third-order valence-electron chi connectivity index (χ3n) is 3.23. The summed E-state index contributed by atoms with van der Waals surface area (Å²) in [7, 11) is 0. The molecule has 0 aliphatic heterocycles. The summed E-state index contributed by atoms with van der Waals surface area (Å²) in [5.74, 6) is 0. The summed E-state index contributed by atoms with van der Waals surface area (Å²) in [6.07, 6.45) is 2.75. The summed E-state index contributed by atoms with van der Waals surface area (Å²) >= 11 is 7.89. The zero-order valence-electron chi connectivity index (χ0n) is 11.1. The number of aromatic nitrogens is 2. The van der Waals surface area contributed by atoms with Crippen molar-refractivity contribution in [2.75, 3.05) is 11.9 Å². The van der Waals surface area contributed by atoms with E-state index in [1.54, 1.807) is 17.5 Å². The maximum atomic E-state index is 6.19. The largest absolute Gasteiger partial charge is 0.383 e. The Balaban J connectivity index is 1.78. The number of thiazole rings is 1. The molecular formula is C15H14ClN3S. The molecule has 102 valence electrons. The molecule has 0 unspecified atom stereocenters. The summed E-state index contributed by atoms with van der Waals surface area (Å²) in [5.41, 5.74) is 4.95.